The van der Waals surface area contributed by atoms with Crippen LogP contribution in [0.5, 0.6) is 11.5 Å². The van der Waals surface area contributed by atoms with E-state index >= 15 is 0 Å². The predicted octanol–water partition coefficient (Wildman–Crippen LogP) is 2.28. The lowest BCUT2D eigenvalue weighted by atomic mass is 10.1. The summed E-state index contributed by atoms with van der Waals surface area (Å²) in [6, 6.07) is 16.9. The third-order valence-corrected chi connectivity index (χ3v) is 4.11. The predicted molar refractivity (Wildman–Crippen MR) is 104 cm³/mol. The van der Waals surface area contributed by atoms with Gasteiger partial charge in [0.05, 0.1) is 7.11 Å². The average molecular weight is 370 g/mol. The van der Waals surface area contributed by atoms with E-state index in [1.807, 2.05) is 42.5 Å². The van der Waals surface area contributed by atoms with E-state index in [4.69, 9.17) is 9.47 Å². The molecule has 2 amide bonds. The second kappa shape index (κ2) is 10.9. The summed E-state index contributed by atoms with van der Waals surface area (Å²) in [6.45, 7) is 2.87. The highest BCUT2D eigenvalue weighted by Crippen LogP contribution is 2.18. The number of rotatable bonds is 10. The summed E-state index contributed by atoms with van der Waals surface area (Å²) in [4.78, 5) is 25.5. The SMILES string of the molecule is COc1ccccc1CCN(CCNC(=O)COc1ccccc1)C(C)=O. The maximum Gasteiger partial charge on any atom is 0.258 e. The zero-order valence-corrected chi connectivity index (χ0v) is 15.8. The molecule has 27 heavy (non-hydrogen) atoms. The van der Waals surface area contributed by atoms with Crippen molar-refractivity contribution in [3.05, 3.63) is 60.2 Å². The van der Waals surface area contributed by atoms with Gasteiger partial charge in [0.15, 0.2) is 6.61 Å². The molecule has 144 valence electrons. The van der Waals surface area contributed by atoms with E-state index in [0.29, 0.717) is 31.8 Å². The number of hydrogen-bond acceptors (Lipinski definition) is 4. The highest BCUT2D eigenvalue weighted by Gasteiger charge is 2.11. The van der Waals surface area contributed by atoms with Gasteiger partial charge in [-0.05, 0) is 30.2 Å². The van der Waals surface area contributed by atoms with Gasteiger partial charge in [-0.25, -0.2) is 0 Å². The number of methoxy groups -OCH3 is 1. The van der Waals surface area contributed by atoms with Crippen molar-refractivity contribution in [2.24, 2.45) is 0 Å². The first-order valence-electron chi connectivity index (χ1n) is 8.92. The van der Waals surface area contributed by atoms with Gasteiger partial charge < -0.3 is 19.7 Å². The van der Waals surface area contributed by atoms with Crippen molar-refractivity contribution in [2.75, 3.05) is 33.4 Å². The van der Waals surface area contributed by atoms with Gasteiger partial charge in [0.1, 0.15) is 11.5 Å². The fourth-order valence-corrected chi connectivity index (χ4v) is 2.64. The third kappa shape index (κ3) is 7.01. The van der Waals surface area contributed by atoms with E-state index in [0.717, 1.165) is 11.3 Å². The summed E-state index contributed by atoms with van der Waals surface area (Å²) in [5, 5.41) is 2.78. The summed E-state index contributed by atoms with van der Waals surface area (Å²) in [7, 11) is 1.63. The van der Waals surface area contributed by atoms with E-state index in [1.54, 1.807) is 24.1 Å². The minimum absolute atomic E-state index is 0.0281. The molecule has 0 bridgehead atoms. The Morgan fingerprint density at radius 3 is 2.41 bits per heavy atom. The molecule has 0 radical (unpaired) electrons. The van der Waals surface area contributed by atoms with Crippen LogP contribution in [0.15, 0.2) is 54.6 Å². The number of nitrogens with zero attached hydrogens (tertiary/aromatic N) is 1. The van der Waals surface area contributed by atoms with Gasteiger partial charge in [-0.1, -0.05) is 36.4 Å². The van der Waals surface area contributed by atoms with Crippen molar-refractivity contribution in [3.63, 3.8) is 0 Å². The maximum absolute atomic E-state index is 11.9. The Morgan fingerprint density at radius 2 is 1.70 bits per heavy atom. The van der Waals surface area contributed by atoms with Crippen molar-refractivity contribution >= 4 is 11.8 Å². The van der Waals surface area contributed by atoms with Gasteiger partial charge in [0.2, 0.25) is 5.91 Å². The van der Waals surface area contributed by atoms with Gasteiger partial charge in [-0.15, -0.1) is 0 Å². The highest BCUT2D eigenvalue weighted by molar-refractivity contribution is 5.77. The Labute approximate surface area is 160 Å². The van der Waals surface area contributed by atoms with Crippen LogP contribution in [-0.2, 0) is 16.0 Å². The molecule has 0 aromatic heterocycles. The van der Waals surface area contributed by atoms with Crippen LogP contribution in [-0.4, -0.2) is 50.1 Å². The van der Waals surface area contributed by atoms with Gasteiger partial charge in [-0.2, -0.15) is 0 Å². The van der Waals surface area contributed by atoms with E-state index in [2.05, 4.69) is 5.32 Å². The zero-order valence-electron chi connectivity index (χ0n) is 15.8. The van der Waals surface area contributed by atoms with Crippen LogP contribution in [0.4, 0.5) is 0 Å². The molecule has 0 fully saturated rings. The smallest absolute Gasteiger partial charge is 0.258 e. The Bertz CT molecular complexity index is 734. The fourth-order valence-electron chi connectivity index (χ4n) is 2.64. The molecule has 0 aliphatic heterocycles. The third-order valence-electron chi connectivity index (χ3n) is 4.11. The van der Waals surface area contributed by atoms with Crippen LogP contribution < -0.4 is 14.8 Å². The van der Waals surface area contributed by atoms with E-state index in [1.165, 1.54) is 6.92 Å². The van der Waals surface area contributed by atoms with Gasteiger partial charge >= 0.3 is 0 Å². The summed E-state index contributed by atoms with van der Waals surface area (Å²) in [5.74, 6) is 1.22. The van der Waals surface area contributed by atoms with Gasteiger partial charge in [0.25, 0.3) is 5.91 Å². The van der Waals surface area contributed by atoms with Crippen LogP contribution in [0.25, 0.3) is 0 Å². The molecule has 0 spiro atoms. The molecule has 6 heteroatoms. The number of nitrogens with one attached hydrogen (secondary N) is 1. The van der Waals surface area contributed by atoms with E-state index in [9.17, 15) is 9.59 Å². The normalized spacial score (nSPS) is 10.1. The van der Waals surface area contributed by atoms with Crippen molar-refractivity contribution in [2.45, 2.75) is 13.3 Å². The molecular formula is C21H26N2O4. The molecule has 2 rings (SSSR count). The Kier molecular flexibility index (Phi) is 8.16. The number of benzene rings is 2. The molecule has 1 N–H and O–H groups in total. The lowest BCUT2D eigenvalue weighted by molar-refractivity contribution is -0.129. The number of hydrogen-bond donors (Lipinski definition) is 1. The Morgan fingerprint density at radius 1 is 1.00 bits per heavy atom. The van der Waals surface area contributed by atoms with Gasteiger partial charge in [0, 0.05) is 26.6 Å². The molecule has 2 aromatic carbocycles. The first-order chi connectivity index (χ1) is 13.1. The number of amides is 2. The lowest BCUT2D eigenvalue weighted by Gasteiger charge is -2.22. The van der Waals surface area contributed by atoms with Crippen LogP contribution in [0.2, 0.25) is 0 Å². The quantitative estimate of drug-likeness (QED) is 0.697. The number of carbonyl (C=O) groups is 2. The first kappa shape index (κ1) is 20.3. The topological polar surface area (TPSA) is 67.9 Å². The van der Waals surface area contributed by atoms with Crippen molar-refractivity contribution in [3.8, 4) is 11.5 Å². The summed E-state index contributed by atoms with van der Waals surface area (Å²) < 4.78 is 10.7. The van der Waals surface area contributed by atoms with Crippen molar-refractivity contribution in [1.82, 2.24) is 10.2 Å². The lowest BCUT2D eigenvalue weighted by Crippen LogP contribution is -2.39. The minimum atomic E-state index is -0.216. The molecule has 0 aliphatic rings. The first-order valence-corrected chi connectivity index (χ1v) is 8.92. The van der Waals surface area contributed by atoms with Crippen LogP contribution in [0.1, 0.15) is 12.5 Å². The van der Waals surface area contributed by atoms with Gasteiger partial charge in [-0.3, -0.25) is 9.59 Å². The number of ether oxygens (including phenoxy) is 2. The second-order valence-electron chi connectivity index (χ2n) is 6.02. The molecule has 0 atom stereocenters. The number of carbonyl (C=O) groups excluding carboxylic acids is 2. The van der Waals surface area contributed by atoms with Crippen LogP contribution in [0, 0.1) is 0 Å². The monoisotopic (exact) mass is 370 g/mol. The molecule has 6 nitrogen and oxygen atoms in total. The average Bonchev–Trinajstić information content (AvgIpc) is 2.69. The highest BCUT2D eigenvalue weighted by atomic mass is 16.5. The zero-order chi connectivity index (χ0) is 19.5. The minimum Gasteiger partial charge on any atom is -0.496 e. The molecule has 0 saturated carbocycles. The van der Waals surface area contributed by atoms with Crippen molar-refractivity contribution < 1.29 is 19.1 Å². The molecule has 0 heterocycles. The molecular weight excluding hydrogens is 344 g/mol. The molecule has 0 saturated heterocycles. The van der Waals surface area contributed by atoms with Crippen LogP contribution >= 0.6 is 0 Å². The Balaban J connectivity index is 1.74. The maximum atomic E-state index is 11.9. The molecule has 0 unspecified atom stereocenters. The molecule has 0 aliphatic carbocycles. The summed E-state index contributed by atoms with van der Waals surface area (Å²) in [6.07, 6.45) is 0.689. The number of para-hydroxylation sites is 2. The second-order valence-corrected chi connectivity index (χ2v) is 6.02. The fraction of sp³-hybridized carbons (Fsp3) is 0.333. The largest absolute Gasteiger partial charge is 0.496 e. The van der Waals surface area contributed by atoms with Crippen molar-refractivity contribution in [1.29, 1.82) is 0 Å². The van der Waals surface area contributed by atoms with E-state index < -0.39 is 0 Å². The summed E-state index contributed by atoms with van der Waals surface area (Å²) in [5.41, 5.74) is 1.05. The van der Waals surface area contributed by atoms with Crippen LogP contribution in [0.3, 0.4) is 0 Å². The Hall–Kier alpha value is -3.02. The van der Waals surface area contributed by atoms with E-state index in [-0.39, 0.29) is 18.4 Å². The standard InChI is InChI=1S/C21H26N2O4/c1-17(24)23(14-12-18-8-6-7-11-20(18)26-2)15-13-22-21(25)16-27-19-9-4-3-5-10-19/h3-11H,12-16H2,1-2H3,(H,22,25). The summed E-state index contributed by atoms with van der Waals surface area (Å²) >= 11 is 0. The molecule has 2 aromatic rings.